The Hall–Kier alpha value is -1.94. The number of benzene rings is 1. The Labute approximate surface area is 140 Å². The van der Waals surface area contributed by atoms with Gasteiger partial charge in [0.15, 0.2) is 0 Å². The van der Waals surface area contributed by atoms with Crippen molar-refractivity contribution in [2.75, 3.05) is 12.4 Å². The molecule has 0 N–H and O–H groups in total. The molecule has 1 aliphatic rings. The van der Waals surface area contributed by atoms with E-state index in [1.807, 2.05) is 13.0 Å². The van der Waals surface area contributed by atoms with Crippen LogP contribution in [-0.4, -0.2) is 18.3 Å². The van der Waals surface area contributed by atoms with Crippen molar-refractivity contribution in [3.63, 3.8) is 0 Å². The fourth-order valence-corrected chi connectivity index (χ4v) is 4.44. The molecule has 2 aromatic rings. The van der Waals surface area contributed by atoms with E-state index in [0.29, 0.717) is 17.9 Å². The third-order valence-corrected chi connectivity index (χ3v) is 5.09. The minimum Gasteiger partial charge on any atom is -0.463 e. The molecule has 0 spiro atoms. The van der Waals surface area contributed by atoms with Gasteiger partial charge in [0.2, 0.25) is 0 Å². The van der Waals surface area contributed by atoms with Gasteiger partial charge in [-0.15, -0.1) is 11.8 Å². The molecule has 0 amide bonds. The summed E-state index contributed by atoms with van der Waals surface area (Å²) in [4.78, 5) is 13.3. The van der Waals surface area contributed by atoms with Gasteiger partial charge >= 0.3 is 5.97 Å². The van der Waals surface area contributed by atoms with Crippen molar-refractivity contribution in [1.29, 1.82) is 0 Å². The monoisotopic (exact) mass is 328 g/mol. The summed E-state index contributed by atoms with van der Waals surface area (Å²) in [6, 6.07) is 6.23. The average Bonchev–Trinajstić information content (AvgIpc) is 2.96. The van der Waals surface area contributed by atoms with Crippen molar-refractivity contribution in [1.82, 2.24) is 0 Å². The number of carbonyl (C=O) groups excluding carboxylic acids is 1. The Morgan fingerprint density at radius 2 is 1.96 bits per heavy atom. The summed E-state index contributed by atoms with van der Waals surface area (Å²) in [5, 5.41) is 0.858. The van der Waals surface area contributed by atoms with Crippen LogP contribution in [0.5, 0.6) is 0 Å². The van der Waals surface area contributed by atoms with Crippen molar-refractivity contribution in [2.45, 2.75) is 27.7 Å². The lowest BCUT2D eigenvalue weighted by Gasteiger charge is -2.17. The lowest BCUT2D eigenvalue weighted by atomic mass is 9.99. The Bertz CT molecular complexity index is 867. The highest BCUT2D eigenvalue weighted by molar-refractivity contribution is 8.08. The molecule has 0 saturated heterocycles. The van der Waals surface area contributed by atoms with Crippen LogP contribution in [0.4, 0.5) is 0 Å². The largest absolute Gasteiger partial charge is 0.463 e. The summed E-state index contributed by atoms with van der Waals surface area (Å²) in [5.74, 6) is 0.354. The number of carbonyl (C=O) groups is 1. The van der Waals surface area contributed by atoms with Gasteiger partial charge in [-0.3, -0.25) is 0 Å². The van der Waals surface area contributed by atoms with E-state index in [-0.39, 0.29) is 5.97 Å². The standard InChI is InChI=1S/C19H20O3S/c1-5-21-19(20)15-10-23-18(17-14(15)6-7-22-17)16-12(3)8-11(2)9-13(16)4/h6-9H,5,10H2,1-4H3. The highest BCUT2D eigenvalue weighted by Gasteiger charge is 2.23. The van der Waals surface area contributed by atoms with Crippen LogP contribution in [0.1, 0.15) is 29.2 Å². The van der Waals surface area contributed by atoms with Gasteiger partial charge in [0.05, 0.1) is 23.3 Å². The summed E-state index contributed by atoms with van der Waals surface area (Å²) >= 11 is 1.65. The SMILES string of the molecule is CCOC(=O)C1=c2ccoc2=C(c2c(C)cc(C)cc2C)SC1. The molecule has 0 atom stereocenters. The molecular weight excluding hydrogens is 308 g/mol. The number of furan rings is 1. The number of aryl methyl sites for hydroxylation is 3. The molecule has 23 heavy (non-hydrogen) atoms. The van der Waals surface area contributed by atoms with E-state index in [1.165, 1.54) is 22.3 Å². The van der Waals surface area contributed by atoms with Gasteiger partial charge < -0.3 is 9.15 Å². The van der Waals surface area contributed by atoms with Gasteiger partial charge in [-0.05, 0) is 50.5 Å². The number of esters is 1. The molecule has 0 saturated carbocycles. The molecule has 120 valence electrons. The van der Waals surface area contributed by atoms with E-state index in [0.717, 1.165) is 15.5 Å². The first-order valence-electron chi connectivity index (χ1n) is 7.72. The summed E-state index contributed by atoms with van der Waals surface area (Å²) < 4.78 is 10.9. The van der Waals surface area contributed by atoms with Crippen LogP contribution in [-0.2, 0) is 9.53 Å². The van der Waals surface area contributed by atoms with Gasteiger partial charge in [0.1, 0.15) is 5.42 Å². The maximum atomic E-state index is 12.2. The number of ether oxygens (including phenoxy) is 1. The van der Waals surface area contributed by atoms with Crippen LogP contribution in [0.2, 0.25) is 0 Å². The summed E-state index contributed by atoms with van der Waals surface area (Å²) in [7, 11) is 0. The second-order valence-corrected chi connectivity index (χ2v) is 6.74. The Morgan fingerprint density at radius 1 is 1.26 bits per heavy atom. The lowest BCUT2D eigenvalue weighted by molar-refractivity contribution is -0.136. The molecule has 0 radical (unpaired) electrons. The van der Waals surface area contributed by atoms with E-state index < -0.39 is 0 Å². The van der Waals surface area contributed by atoms with Crippen molar-refractivity contribution in [3.05, 3.63) is 57.4 Å². The normalized spacial score (nSPS) is 13.9. The summed E-state index contributed by atoms with van der Waals surface area (Å²) in [6.07, 6.45) is 1.65. The fraction of sp³-hybridized carbons (Fsp3) is 0.316. The Balaban J connectivity index is 2.28. The first-order valence-corrected chi connectivity index (χ1v) is 8.70. The second kappa shape index (κ2) is 6.28. The highest BCUT2D eigenvalue weighted by Crippen LogP contribution is 2.33. The predicted octanol–water partition coefficient (Wildman–Crippen LogP) is 2.82. The first kappa shape index (κ1) is 15.9. The van der Waals surface area contributed by atoms with Crippen LogP contribution in [0.3, 0.4) is 0 Å². The minimum absolute atomic E-state index is 0.251. The van der Waals surface area contributed by atoms with Gasteiger partial charge in [-0.25, -0.2) is 4.79 Å². The smallest absolute Gasteiger partial charge is 0.335 e. The molecule has 0 bridgehead atoms. The number of thioether (sulfide) groups is 1. The quantitative estimate of drug-likeness (QED) is 0.812. The summed E-state index contributed by atoms with van der Waals surface area (Å²) in [6.45, 7) is 8.55. The molecule has 0 aliphatic carbocycles. The van der Waals surface area contributed by atoms with Crippen LogP contribution >= 0.6 is 11.8 Å². The maximum Gasteiger partial charge on any atom is 0.335 e. The van der Waals surface area contributed by atoms with Crippen molar-refractivity contribution < 1.29 is 13.9 Å². The van der Waals surface area contributed by atoms with E-state index in [9.17, 15) is 4.79 Å². The van der Waals surface area contributed by atoms with Crippen LogP contribution < -0.4 is 10.6 Å². The van der Waals surface area contributed by atoms with E-state index >= 15 is 0 Å². The molecule has 0 unspecified atom stereocenters. The molecule has 2 heterocycles. The first-order chi connectivity index (χ1) is 11.0. The Morgan fingerprint density at radius 3 is 2.61 bits per heavy atom. The minimum atomic E-state index is -0.251. The van der Waals surface area contributed by atoms with Crippen LogP contribution in [0.15, 0.2) is 28.9 Å². The van der Waals surface area contributed by atoms with Crippen LogP contribution in [0.25, 0.3) is 10.5 Å². The molecule has 1 aromatic heterocycles. The van der Waals surface area contributed by atoms with E-state index in [2.05, 4.69) is 32.9 Å². The van der Waals surface area contributed by atoms with Crippen LogP contribution in [0, 0.1) is 20.8 Å². The van der Waals surface area contributed by atoms with Gasteiger partial charge in [0, 0.05) is 11.0 Å². The molecule has 1 aromatic carbocycles. The van der Waals surface area contributed by atoms with E-state index in [1.54, 1.807) is 18.0 Å². The van der Waals surface area contributed by atoms with Crippen molar-refractivity contribution >= 4 is 28.2 Å². The lowest BCUT2D eigenvalue weighted by Crippen LogP contribution is -2.32. The molecule has 1 aliphatic heterocycles. The zero-order valence-electron chi connectivity index (χ0n) is 13.9. The topological polar surface area (TPSA) is 39.4 Å². The third-order valence-electron chi connectivity index (χ3n) is 3.98. The Kier molecular flexibility index (Phi) is 4.35. The van der Waals surface area contributed by atoms with Gasteiger partial charge in [0.25, 0.3) is 0 Å². The van der Waals surface area contributed by atoms with E-state index in [4.69, 9.17) is 9.15 Å². The molecule has 3 nitrogen and oxygen atoms in total. The van der Waals surface area contributed by atoms with Crippen molar-refractivity contribution in [3.8, 4) is 0 Å². The average molecular weight is 328 g/mol. The number of hydrogen-bond donors (Lipinski definition) is 0. The maximum absolute atomic E-state index is 12.2. The predicted molar refractivity (Wildman–Crippen MR) is 93.6 cm³/mol. The highest BCUT2D eigenvalue weighted by atomic mass is 32.2. The van der Waals surface area contributed by atoms with Crippen molar-refractivity contribution in [2.24, 2.45) is 0 Å². The summed E-state index contributed by atoms with van der Waals surface area (Å²) in [5.41, 5.74) is 6.38. The second-order valence-electron chi connectivity index (χ2n) is 5.75. The molecule has 4 heteroatoms. The molecule has 0 fully saturated rings. The third kappa shape index (κ3) is 2.83. The number of hydrogen-bond acceptors (Lipinski definition) is 4. The molecular formula is C19H20O3S. The van der Waals surface area contributed by atoms with Gasteiger partial charge in [-0.1, -0.05) is 17.7 Å². The molecule has 3 rings (SSSR count). The number of fused-ring (bicyclic) bond motifs is 1. The number of rotatable bonds is 3. The zero-order valence-corrected chi connectivity index (χ0v) is 14.7. The zero-order chi connectivity index (χ0) is 16.6. The van der Waals surface area contributed by atoms with Gasteiger partial charge in [-0.2, -0.15) is 0 Å². The fourth-order valence-electron chi connectivity index (χ4n) is 3.12.